The summed E-state index contributed by atoms with van der Waals surface area (Å²) < 4.78 is 4.88. The standard InChI is InChI=1S/C24H25N3O2/c1-16-12-18(8-11-26-16)17-6-7-21-19(13-17)4-3-5-20(21)14-27-23-15-25-10-9-22(23)24(28)29-2/h6-13,15,20,27H,3-5,14H2,1-2H3. The number of esters is 1. The van der Waals surface area contributed by atoms with E-state index in [1.807, 2.05) is 13.1 Å². The number of hydrogen-bond acceptors (Lipinski definition) is 5. The molecule has 0 amide bonds. The summed E-state index contributed by atoms with van der Waals surface area (Å²) >= 11 is 0. The van der Waals surface area contributed by atoms with Crippen LogP contribution in [0.25, 0.3) is 11.1 Å². The number of ether oxygens (including phenoxy) is 1. The molecule has 0 fully saturated rings. The van der Waals surface area contributed by atoms with Crippen molar-refractivity contribution in [1.29, 1.82) is 0 Å². The maximum Gasteiger partial charge on any atom is 0.340 e. The van der Waals surface area contributed by atoms with Gasteiger partial charge in [-0.05, 0) is 66.6 Å². The topological polar surface area (TPSA) is 64.1 Å². The van der Waals surface area contributed by atoms with Gasteiger partial charge in [0.1, 0.15) is 0 Å². The van der Waals surface area contributed by atoms with E-state index >= 15 is 0 Å². The zero-order valence-corrected chi connectivity index (χ0v) is 16.8. The van der Waals surface area contributed by atoms with E-state index in [4.69, 9.17) is 4.74 Å². The van der Waals surface area contributed by atoms with Gasteiger partial charge < -0.3 is 10.1 Å². The highest BCUT2D eigenvalue weighted by Crippen LogP contribution is 2.35. The Balaban J connectivity index is 1.54. The van der Waals surface area contributed by atoms with Crippen LogP contribution in [-0.4, -0.2) is 29.6 Å². The van der Waals surface area contributed by atoms with Crippen molar-refractivity contribution in [3.05, 3.63) is 77.4 Å². The molecule has 3 aromatic rings. The molecule has 0 aliphatic heterocycles. The minimum absolute atomic E-state index is 0.351. The van der Waals surface area contributed by atoms with E-state index in [2.05, 4.69) is 45.6 Å². The molecular weight excluding hydrogens is 362 g/mol. The maximum absolute atomic E-state index is 12.0. The summed E-state index contributed by atoms with van der Waals surface area (Å²) in [5, 5.41) is 3.42. The van der Waals surface area contributed by atoms with Crippen LogP contribution >= 0.6 is 0 Å². The summed E-state index contributed by atoms with van der Waals surface area (Å²) in [6.45, 7) is 2.78. The molecule has 5 heteroatoms. The van der Waals surface area contributed by atoms with E-state index in [0.717, 1.165) is 37.2 Å². The van der Waals surface area contributed by atoms with Gasteiger partial charge in [0.25, 0.3) is 0 Å². The van der Waals surface area contributed by atoms with Crippen molar-refractivity contribution in [2.24, 2.45) is 0 Å². The molecule has 0 spiro atoms. The first-order chi connectivity index (χ1) is 14.2. The van der Waals surface area contributed by atoms with Crippen molar-refractivity contribution in [3.63, 3.8) is 0 Å². The van der Waals surface area contributed by atoms with Crippen LogP contribution in [0.1, 0.15) is 45.9 Å². The van der Waals surface area contributed by atoms with Crippen molar-refractivity contribution in [2.75, 3.05) is 19.0 Å². The monoisotopic (exact) mass is 387 g/mol. The summed E-state index contributed by atoms with van der Waals surface area (Å²) in [5.74, 6) is 0.0499. The SMILES string of the molecule is COC(=O)c1ccncc1NCC1CCCc2cc(-c3ccnc(C)c3)ccc21. The van der Waals surface area contributed by atoms with Crippen LogP contribution in [-0.2, 0) is 11.2 Å². The predicted octanol–water partition coefficient (Wildman–Crippen LogP) is 4.77. The minimum Gasteiger partial charge on any atom is -0.465 e. The molecule has 148 valence electrons. The largest absolute Gasteiger partial charge is 0.465 e. The number of carbonyl (C=O) groups excluding carboxylic acids is 1. The fourth-order valence-corrected chi connectivity index (χ4v) is 4.09. The lowest BCUT2D eigenvalue weighted by atomic mass is 9.81. The summed E-state index contributed by atoms with van der Waals surface area (Å²) in [6.07, 6.45) is 8.55. The Kier molecular flexibility index (Phi) is 5.56. The number of nitrogens with zero attached hydrogens (tertiary/aromatic N) is 2. The number of aromatic nitrogens is 2. The lowest BCUT2D eigenvalue weighted by molar-refractivity contribution is 0.0601. The van der Waals surface area contributed by atoms with Gasteiger partial charge in [0.15, 0.2) is 0 Å². The van der Waals surface area contributed by atoms with Crippen LogP contribution < -0.4 is 5.32 Å². The quantitative estimate of drug-likeness (QED) is 0.639. The molecule has 29 heavy (non-hydrogen) atoms. The molecule has 1 atom stereocenters. The molecule has 1 aliphatic carbocycles. The Hall–Kier alpha value is -3.21. The van der Waals surface area contributed by atoms with Crippen LogP contribution in [0, 0.1) is 6.92 Å². The predicted molar refractivity (Wildman–Crippen MR) is 114 cm³/mol. The number of aryl methyl sites for hydroxylation is 2. The first-order valence-corrected chi connectivity index (χ1v) is 9.98. The molecule has 4 rings (SSSR count). The zero-order valence-electron chi connectivity index (χ0n) is 16.8. The van der Waals surface area contributed by atoms with Crippen LogP contribution in [0.2, 0.25) is 0 Å². The highest BCUT2D eigenvalue weighted by atomic mass is 16.5. The Bertz CT molecular complexity index is 1030. The molecule has 0 bridgehead atoms. The van der Waals surface area contributed by atoms with Crippen LogP contribution in [0.4, 0.5) is 5.69 Å². The van der Waals surface area contributed by atoms with Crippen molar-refractivity contribution >= 4 is 11.7 Å². The normalized spacial score (nSPS) is 15.4. The van der Waals surface area contributed by atoms with E-state index in [0.29, 0.717) is 11.5 Å². The van der Waals surface area contributed by atoms with Crippen molar-refractivity contribution in [3.8, 4) is 11.1 Å². The van der Waals surface area contributed by atoms with E-state index < -0.39 is 0 Å². The summed E-state index contributed by atoms with van der Waals surface area (Å²) in [7, 11) is 1.39. The lowest BCUT2D eigenvalue weighted by Gasteiger charge is -2.27. The van der Waals surface area contributed by atoms with Gasteiger partial charge in [-0.25, -0.2) is 4.79 Å². The fourth-order valence-electron chi connectivity index (χ4n) is 4.09. The number of rotatable bonds is 5. The smallest absolute Gasteiger partial charge is 0.340 e. The number of anilines is 1. The number of benzene rings is 1. The Morgan fingerprint density at radius 3 is 2.86 bits per heavy atom. The second-order valence-corrected chi connectivity index (χ2v) is 7.48. The summed E-state index contributed by atoms with van der Waals surface area (Å²) in [4.78, 5) is 20.4. The van der Waals surface area contributed by atoms with E-state index in [-0.39, 0.29) is 5.97 Å². The number of nitrogens with one attached hydrogen (secondary N) is 1. The molecule has 1 aliphatic rings. The first-order valence-electron chi connectivity index (χ1n) is 9.98. The van der Waals surface area contributed by atoms with Gasteiger partial charge in [-0.15, -0.1) is 0 Å². The van der Waals surface area contributed by atoms with Gasteiger partial charge in [-0.3, -0.25) is 9.97 Å². The molecule has 2 heterocycles. The van der Waals surface area contributed by atoms with Crippen molar-refractivity contribution < 1.29 is 9.53 Å². The first kappa shape index (κ1) is 19.1. The molecule has 0 saturated carbocycles. The fraction of sp³-hybridized carbons (Fsp3) is 0.292. The number of fused-ring (bicyclic) bond motifs is 1. The average Bonchev–Trinajstić information content (AvgIpc) is 2.77. The molecular formula is C24H25N3O2. The Morgan fingerprint density at radius 2 is 2.03 bits per heavy atom. The number of carbonyl (C=O) groups is 1. The van der Waals surface area contributed by atoms with Crippen molar-refractivity contribution in [2.45, 2.75) is 32.1 Å². The third-order valence-corrected chi connectivity index (χ3v) is 5.58. The zero-order chi connectivity index (χ0) is 20.2. The van der Waals surface area contributed by atoms with Gasteiger partial charge in [0.2, 0.25) is 0 Å². The van der Waals surface area contributed by atoms with Gasteiger partial charge in [0, 0.05) is 30.6 Å². The van der Waals surface area contributed by atoms with Gasteiger partial charge in [-0.2, -0.15) is 0 Å². The highest BCUT2D eigenvalue weighted by Gasteiger charge is 2.21. The number of methoxy groups -OCH3 is 1. The molecule has 2 aromatic heterocycles. The summed E-state index contributed by atoms with van der Waals surface area (Å²) in [6, 6.07) is 12.7. The van der Waals surface area contributed by atoms with E-state index in [1.165, 1.54) is 29.4 Å². The summed E-state index contributed by atoms with van der Waals surface area (Å²) in [5.41, 5.74) is 7.51. The second-order valence-electron chi connectivity index (χ2n) is 7.48. The molecule has 0 radical (unpaired) electrons. The van der Waals surface area contributed by atoms with Gasteiger partial charge in [-0.1, -0.05) is 18.2 Å². The second kappa shape index (κ2) is 8.43. The number of pyridine rings is 2. The maximum atomic E-state index is 12.0. The average molecular weight is 387 g/mol. The molecule has 0 saturated heterocycles. The molecule has 1 unspecified atom stereocenters. The molecule has 5 nitrogen and oxygen atoms in total. The molecule has 1 N–H and O–H groups in total. The number of hydrogen-bond donors (Lipinski definition) is 1. The highest BCUT2D eigenvalue weighted by molar-refractivity contribution is 5.95. The third-order valence-electron chi connectivity index (χ3n) is 5.58. The van der Waals surface area contributed by atoms with E-state index in [1.54, 1.807) is 18.5 Å². The van der Waals surface area contributed by atoms with Gasteiger partial charge in [0.05, 0.1) is 24.6 Å². The van der Waals surface area contributed by atoms with Crippen LogP contribution in [0.3, 0.4) is 0 Å². The van der Waals surface area contributed by atoms with E-state index in [9.17, 15) is 4.79 Å². The lowest BCUT2D eigenvalue weighted by Crippen LogP contribution is -2.19. The molecule has 1 aromatic carbocycles. The third kappa shape index (κ3) is 4.14. The van der Waals surface area contributed by atoms with Gasteiger partial charge >= 0.3 is 5.97 Å². The Morgan fingerprint density at radius 1 is 1.17 bits per heavy atom. The van der Waals surface area contributed by atoms with Crippen molar-refractivity contribution in [1.82, 2.24) is 9.97 Å². The minimum atomic E-state index is -0.351. The van der Waals surface area contributed by atoms with Crippen LogP contribution in [0.5, 0.6) is 0 Å². The van der Waals surface area contributed by atoms with Crippen LogP contribution in [0.15, 0.2) is 55.0 Å². The Labute approximate surface area is 171 Å².